The van der Waals surface area contributed by atoms with E-state index in [0.717, 1.165) is 0 Å². The summed E-state index contributed by atoms with van der Waals surface area (Å²) in [7, 11) is -14.9. The van der Waals surface area contributed by atoms with E-state index in [4.69, 9.17) is 0 Å². The van der Waals surface area contributed by atoms with E-state index < -0.39 is 59.1 Å². The second kappa shape index (κ2) is 5.55. The third-order valence-electron chi connectivity index (χ3n) is 2.36. The van der Waals surface area contributed by atoms with Crippen molar-refractivity contribution in [2.45, 2.75) is 16.1 Å². The molecular weight excluding hydrogens is 381 g/mol. The van der Waals surface area contributed by atoms with Crippen molar-refractivity contribution < 1.29 is 52.1 Å². The Bertz CT molecular complexity index is 702. The molecule has 0 saturated carbocycles. The first-order chi connectivity index (χ1) is 9.54. The normalized spacial score (nSPS) is 23.6. The van der Waals surface area contributed by atoms with Crippen LogP contribution in [0.2, 0.25) is 0 Å². The number of ether oxygens (including phenoxy) is 2. The Morgan fingerprint density at radius 2 is 1.55 bits per heavy atom. The van der Waals surface area contributed by atoms with Crippen molar-refractivity contribution in [1.29, 1.82) is 0 Å². The molecule has 1 saturated heterocycles. The van der Waals surface area contributed by atoms with Crippen LogP contribution in [0.1, 0.15) is 0 Å². The molecule has 0 aliphatic carbocycles. The Morgan fingerprint density at radius 3 is 1.86 bits per heavy atom. The first kappa shape index (κ1) is 19.6. The van der Waals surface area contributed by atoms with E-state index >= 15 is 0 Å². The fourth-order valence-electron chi connectivity index (χ4n) is 1.45. The summed E-state index contributed by atoms with van der Waals surface area (Å²) in [5.41, 5.74) is -5.68. The van der Waals surface area contributed by atoms with Crippen molar-refractivity contribution in [2.24, 2.45) is 0 Å². The summed E-state index contributed by atoms with van der Waals surface area (Å²) in [4.78, 5) is 0. The van der Waals surface area contributed by atoms with E-state index in [1.807, 2.05) is 0 Å². The molecular formula is C7H11F3O9S3. The first-order valence-electron chi connectivity index (χ1n) is 5.20. The monoisotopic (exact) mass is 392 g/mol. The Labute approximate surface area is 124 Å². The molecule has 1 atom stereocenters. The van der Waals surface area contributed by atoms with Gasteiger partial charge in [0.25, 0.3) is 0 Å². The molecule has 0 unspecified atom stereocenters. The SMILES string of the molecule is CS(=O)(=O)C1(S(C)(=O)=O)OC[C@@H](COS(=O)(=O)C(F)(F)F)O1. The molecule has 1 aliphatic heterocycles. The van der Waals surface area contributed by atoms with Gasteiger partial charge in [-0.3, -0.25) is 4.18 Å². The zero-order chi connectivity index (χ0) is 17.6. The molecule has 1 heterocycles. The van der Waals surface area contributed by atoms with Crippen LogP contribution in [0.25, 0.3) is 0 Å². The fourth-order valence-corrected chi connectivity index (χ4v) is 5.30. The molecule has 0 spiro atoms. The lowest BCUT2D eigenvalue weighted by atomic mass is 10.4. The van der Waals surface area contributed by atoms with Crippen molar-refractivity contribution in [3.8, 4) is 0 Å². The molecule has 0 N–H and O–H groups in total. The van der Waals surface area contributed by atoms with E-state index in [1.54, 1.807) is 0 Å². The van der Waals surface area contributed by atoms with E-state index in [1.165, 1.54) is 0 Å². The Hall–Kier alpha value is -0.480. The Morgan fingerprint density at radius 1 is 1.09 bits per heavy atom. The summed E-state index contributed by atoms with van der Waals surface area (Å²) >= 11 is 0. The molecule has 0 aromatic carbocycles. The van der Waals surface area contributed by atoms with E-state index in [-0.39, 0.29) is 0 Å². The number of halogens is 3. The quantitative estimate of drug-likeness (QED) is 0.426. The lowest BCUT2D eigenvalue weighted by Gasteiger charge is -2.23. The molecule has 15 heteroatoms. The maximum Gasteiger partial charge on any atom is 0.523 e. The minimum Gasteiger partial charge on any atom is -0.323 e. The summed E-state index contributed by atoms with van der Waals surface area (Å²) in [6, 6.07) is 0. The minimum atomic E-state index is -5.93. The van der Waals surface area contributed by atoms with Crippen LogP contribution in [-0.2, 0) is 43.4 Å². The van der Waals surface area contributed by atoms with Crippen LogP contribution in [0.4, 0.5) is 13.2 Å². The topological polar surface area (TPSA) is 130 Å². The predicted octanol–water partition coefficient (Wildman–Crippen LogP) is -1.03. The van der Waals surface area contributed by atoms with Gasteiger partial charge in [-0.1, -0.05) is 0 Å². The molecule has 9 nitrogen and oxygen atoms in total. The molecule has 0 aromatic heterocycles. The van der Waals surface area contributed by atoms with Gasteiger partial charge in [0.1, 0.15) is 6.10 Å². The van der Waals surface area contributed by atoms with Crippen LogP contribution in [0.3, 0.4) is 0 Å². The number of hydrogen-bond donors (Lipinski definition) is 0. The first-order valence-corrected chi connectivity index (χ1v) is 10.4. The van der Waals surface area contributed by atoms with Crippen LogP contribution in [0.15, 0.2) is 0 Å². The number of sulfone groups is 2. The van der Waals surface area contributed by atoms with Crippen molar-refractivity contribution >= 4 is 29.8 Å². The summed E-state index contributed by atoms with van der Waals surface area (Å²) in [6.45, 7) is -2.07. The second-order valence-electron chi connectivity index (χ2n) is 4.28. The van der Waals surface area contributed by atoms with Gasteiger partial charge in [-0.15, -0.1) is 0 Å². The molecule has 0 bridgehead atoms. The van der Waals surface area contributed by atoms with E-state index in [0.29, 0.717) is 12.5 Å². The zero-order valence-electron chi connectivity index (χ0n) is 11.0. The van der Waals surface area contributed by atoms with Gasteiger partial charge in [0, 0.05) is 12.5 Å². The van der Waals surface area contributed by atoms with Crippen molar-refractivity contribution in [3.05, 3.63) is 0 Å². The van der Waals surface area contributed by atoms with Crippen LogP contribution in [0, 0.1) is 0 Å². The smallest absolute Gasteiger partial charge is 0.323 e. The lowest BCUT2D eigenvalue weighted by Crippen LogP contribution is -2.47. The van der Waals surface area contributed by atoms with Crippen molar-refractivity contribution in [3.63, 3.8) is 0 Å². The van der Waals surface area contributed by atoms with E-state index in [2.05, 4.69) is 13.7 Å². The zero-order valence-corrected chi connectivity index (χ0v) is 13.5. The summed E-state index contributed by atoms with van der Waals surface area (Å²) < 4.78 is 113. The molecule has 0 radical (unpaired) electrons. The van der Waals surface area contributed by atoms with Crippen LogP contribution in [-0.4, -0.2) is 67.0 Å². The lowest BCUT2D eigenvalue weighted by molar-refractivity contribution is -0.0609. The maximum atomic E-state index is 12.1. The average molecular weight is 392 g/mol. The fraction of sp³-hybridized carbons (Fsp3) is 1.00. The molecule has 132 valence electrons. The molecule has 1 rings (SSSR count). The molecule has 0 amide bonds. The number of hydrogen-bond acceptors (Lipinski definition) is 9. The highest BCUT2D eigenvalue weighted by molar-refractivity contribution is 8.09. The minimum absolute atomic E-state index is 0.476. The average Bonchev–Trinajstić information content (AvgIpc) is 2.68. The van der Waals surface area contributed by atoms with Gasteiger partial charge >= 0.3 is 20.1 Å². The Balaban J connectivity index is 2.95. The van der Waals surface area contributed by atoms with Crippen molar-refractivity contribution in [1.82, 2.24) is 0 Å². The molecule has 0 aromatic rings. The van der Waals surface area contributed by atoms with Crippen LogP contribution < -0.4 is 0 Å². The Kier molecular flexibility index (Phi) is 4.94. The number of alkyl halides is 3. The maximum absolute atomic E-state index is 12.1. The summed E-state index contributed by atoms with van der Waals surface area (Å²) in [5.74, 6) is 0. The number of rotatable bonds is 5. The predicted molar refractivity (Wildman–Crippen MR) is 64.2 cm³/mol. The third kappa shape index (κ3) is 3.53. The van der Waals surface area contributed by atoms with Crippen LogP contribution >= 0.6 is 0 Å². The largest absolute Gasteiger partial charge is 0.523 e. The molecule has 1 aliphatic rings. The third-order valence-corrected chi connectivity index (χ3v) is 7.43. The van der Waals surface area contributed by atoms with Gasteiger partial charge in [0.2, 0.25) is 19.7 Å². The van der Waals surface area contributed by atoms with Gasteiger partial charge in [-0.2, -0.15) is 21.6 Å². The highest BCUT2D eigenvalue weighted by atomic mass is 32.3. The van der Waals surface area contributed by atoms with Crippen molar-refractivity contribution in [2.75, 3.05) is 25.7 Å². The second-order valence-corrected chi connectivity index (χ2v) is 10.3. The van der Waals surface area contributed by atoms with Gasteiger partial charge in [-0.05, 0) is 0 Å². The van der Waals surface area contributed by atoms with Crippen LogP contribution in [0.5, 0.6) is 0 Å². The molecule has 1 fully saturated rings. The highest BCUT2D eigenvalue weighted by Crippen LogP contribution is 2.34. The van der Waals surface area contributed by atoms with Gasteiger partial charge < -0.3 is 9.47 Å². The van der Waals surface area contributed by atoms with Gasteiger partial charge in [0.15, 0.2) is 0 Å². The summed E-state index contributed by atoms with van der Waals surface area (Å²) in [6.07, 6.45) is -0.699. The molecule has 22 heavy (non-hydrogen) atoms. The van der Waals surface area contributed by atoms with Gasteiger partial charge in [0.05, 0.1) is 13.2 Å². The summed E-state index contributed by atoms with van der Waals surface area (Å²) in [5, 5.41) is 0. The highest BCUT2D eigenvalue weighted by Gasteiger charge is 2.59. The van der Waals surface area contributed by atoms with E-state index in [9.17, 15) is 38.4 Å². The van der Waals surface area contributed by atoms with Gasteiger partial charge in [-0.25, -0.2) is 16.8 Å². The standard InChI is InChI=1S/C7H11F3O9S3/c1-20(11,12)7(21(2,13)14)17-3-5(19-7)4-18-22(15,16)6(8,9)10/h5H,3-4H2,1-2H3/t5-/m0/s1.